The van der Waals surface area contributed by atoms with E-state index in [0.29, 0.717) is 26.8 Å². The van der Waals surface area contributed by atoms with E-state index in [1.807, 2.05) is 36.4 Å². The number of hydrogen-bond acceptors (Lipinski definition) is 5. The van der Waals surface area contributed by atoms with Gasteiger partial charge in [-0.05, 0) is 24.6 Å². The number of hydrogen-bond donors (Lipinski definition) is 1. The lowest BCUT2D eigenvalue weighted by atomic mass is 10.1. The van der Waals surface area contributed by atoms with Crippen LogP contribution in [0.25, 0.3) is 21.5 Å². The average molecular weight is 369 g/mol. The fourth-order valence-corrected chi connectivity index (χ4v) is 4.31. The highest BCUT2D eigenvalue weighted by molar-refractivity contribution is 7.21. The summed E-state index contributed by atoms with van der Waals surface area (Å²) in [6, 6.07) is 14.4. The highest BCUT2D eigenvalue weighted by atomic mass is 32.1. The molecule has 7 heteroatoms. The third kappa shape index (κ3) is 2.92. The normalized spacial score (nSPS) is 11.0. The van der Waals surface area contributed by atoms with Crippen LogP contribution in [0, 0.1) is 12.7 Å². The molecule has 4 aromatic rings. The maximum absolute atomic E-state index is 14.0. The van der Waals surface area contributed by atoms with Gasteiger partial charge in [-0.1, -0.05) is 36.4 Å². The van der Waals surface area contributed by atoms with Crippen molar-refractivity contribution < 1.29 is 9.18 Å². The minimum Gasteiger partial charge on any atom is -0.296 e. The number of fused-ring (bicyclic) bond motifs is 1. The molecule has 0 atom stereocenters. The second-order valence-electron chi connectivity index (χ2n) is 5.41. The topological polar surface area (TPSA) is 54.9 Å². The predicted octanol–water partition coefficient (Wildman–Crippen LogP) is 5.12. The molecular formula is C18H12FN3OS2. The van der Waals surface area contributed by atoms with E-state index in [-0.39, 0.29) is 11.7 Å². The van der Waals surface area contributed by atoms with Crippen LogP contribution in [0.4, 0.5) is 9.52 Å². The third-order valence-electron chi connectivity index (χ3n) is 3.79. The second-order valence-corrected chi connectivity index (χ2v) is 7.22. The Labute approximate surface area is 151 Å². The van der Waals surface area contributed by atoms with E-state index >= 15 is 0 Å². The summed E-state index contributed by atoms with van der Waals surface area (Å²) >= 11 is 2.39. The number of rotatable bonds is 3. The summed E-state index contributed by atoms with van der Waals surface area (Å²) < 4.78 is 19.0. The van der Waals surface area contributed by atoms with Crippen LogP contribution < -0.4 is 5.32 Å². The van der Waals surface area contributed by atoms with E-state index < -0.39 is 0 Å². The SMILES string of the molecule is Cc1c(C(=O)Nc2nc(-c3ccccc3)ns2)sc2cccc(F)c12. The molecule has 0 saturated heterocycles. The summed E-state index contributed by atoms with van der Waals surface area (Å²) in [5.74, 6) is -0.0403. The van der Waals surface area contributed by atoms with Crippen LogP contribution in [0.1, 0.15) is 15.2 Å². The van der Waals surface area contributed by atoms with E-state index in [0.717, 1.165) is 21.8 Å². The van der Waals surface area contributed by atoms with Crippen LogP contribution >= 0.6 is 22.9 Å². The van der Waals surface area contributed by atoms with Crippen molar-refractivity contribution >= 4 is 44.0 Å². The summed E-state index contributed by atoms with van der Waals surface area (Å²) in [5, 5.41) is 3.68. The molecule has 25 heavy (non-hydrogen) atoms. The number of aryl methyl sites for hydroxylation is 1. The fraction of sp³-hybridized carbons (Fsp3) is 0.0556. The molecule has 0 aliphatic heterocycles. The van der Waals surface area contributed by atoms with Gasteiger partial charge in [-0.15, -0.1) is 11.3 Å². The Bertz CT molecular complexity index is 1070. The smallest absolute Gasteiger partial charge is 0.267 e. The van der Waals surface area contributed by atoms with E-state index in [4.69, 9.17) is 0 Å². The summed E-state index contributed by atoms with van der Waals surface area (Å²) in [6.07, 6.45) is 0. The summed E-state index contributed by atoms with van der Waals surface area (Å²) in [7, 11) is 0. The van der Waals surface area contributed by atoms with Gasteiger partial charge in [0.15, 0.2) is 5.82 Å². The first-order valence-corrected chi connectivity index (χ1v) is 9.10. The van der Waals surface area contributed by atoms with Crippen molar-refractivity contribution in [2.75, 3.05) is 5.32 Å². The number of nitrogens with zero attached hydrogens (tertiary/aromatic N) is 2. The molecule has 0 spiro atoms. The first-order chi connectivity index (χ1) is 12.1. The Morgan fingerprint density at radius 1 is 1.12 bits per heavy atom. The highest BCUT2D eigenvalue weighted by Gasteiger charge is 2.19. The molecule has 2 aromatic heterocycles. The van der Waals surface area contributed by atoms with Crippen molar-refractivity contribution in [2.24, 2.45) is 0 Å². The number of nitrogens with one attached hydrogen (secondary N) is 1. The second kappa shape index (κ2) is 6.34. The number of benzene rings is 2. The zero-order valence-corrected chi connectivity index (χ0v) is 14.7. The number of anilines is 1. The quantitative estimate of drug-likeness (QED) is 0.545. The zero-order chi connectivity index (χ0) is 17.4. The number of aromatic nitrogens is 2. The fourth-order valence-electron chi connectivity index (χ4n) is 2.60. The van der Waals surface area contributed by atoms with Gasteiger partial charge < -0.3 is 0 Å². The monoisotopic (exact) mass is 369 g/mol. The van der Waals surface area contributed by atoms with Gasteiger partial charge in [0.1, 0.15) is 5.82 Å². The summed E-state index contributed by atoms with van der Waals surface area (Å²) in [4.78, 5) is 17.4. The summed E-state index contributed by atoms with van der Waals surface area (Å²) in [6.45, 7) is 1.76. The standard InChI is InChI=1S/C18H12FN3OS2/c1-10-14-12(19)8-5-9-13(14)24-15(10)17(23)21-18-20-16(22-25-18)11-6-3-2-4-7-11/h2-9H,1H3,(H,20,21,22,23). The van der Waals surface area contributed by atoms with Gasteiger partial charge in [-0.25, -0.2) is 4.39 Å². The van der Waals surface area contributed by atoms with Gasteiger partial charge in [0.2, 0.25) is 5.13 Å². The molecule has 0 radical (unpaired) electrons. The first-order valence-electron chi connectivity index (χ1n) is 7.51. The molecular weight excluding hydrogens is 357 g/mol. The highest BCUT2D eigenvalue weighted by Crippen LogP contribution is 2.33. The Kier molecular flexibility index (Phi) is 4.03. The minimum absolute atomic E-state index is 0.297. The number of carbonyl (C=O) groups is 1. The Hall–Kier alpha value is -2.64. The molecule has 4 rings (SSSR count). The molecule has 0 aliphatic carbocycles. The Morgan fingerprint density at radius 2 is 1.92 bits per heavy atom. The van der Waals surface area contributed by atoms with Crippen molar-refractivity contribution in [2.45, 2.75) is 6.92 Å². The minimum atomic E-state index is -0.312. The maximum atomic E-state index is 14.0. The van der Waals surface area contributed by atoms with Crippen molar-refractivity contribution in [3.8, 4) is 11.4 Å². The van der Waals surface area contributed by atoms with Gasteiger partial charge in [0, 0.05) is 27.2 Å². The van der Waals surface area contributed by atoms with Crippen LogP contribution in [0.5, 0.6) is 0 Å². The lowest BCUT2D eigenvalue weighted by Crippen LogP contribution is -2.11. The number of amides is 1. The molecule has 1 amide bonds. The van der Waals surface area contributed by atoms with Gasteiger partial charge in [0.25, 0.3) is 5.91 Å². The van der Waals surface area contributed by atoms with Crippen LogP contribution in [0.3, 0.4) is 0 Å². The predicted molar refractivity (Wildman–Crippen MR) is 99.8 cm³/mol. The van der Waals surface area contributed by atoms with E-state index in [1.54, 1.807) is 13.0 Å². The Morgan fingerprint density at radius 3 is 2.68 bits per heavy atom. The van der Waals surface area contributed by atoms with Crippen molar-refractivity contribution in [1.29, 1.82) is 0 Å². The number of halogens is 1. The van der Waals surface area contributed by atoms with Gasteiger partial charge in [-0.3, -0.25) is 10.1 Å². The molecule has 2 aromatic carbocycles. The lowest BCUT2D eigenvalue weighted by molar-refractivity contribution is 0.103. The lowest BCUT2D eigenvalue weighted by Gasteiger charge is -2.00. The van der Waals surface area contributed by atoms with Crippen molar-refractivity contribution in [3.63, 3.8) is 0 Å². The molecule has 0 unspecified atom stereocenters. The van der Waals surface area contributed by atoms with Crippen LogP contribution in [0.2, 0.25) is 0 Å². The van der Waals surface area contributed by atoms with Crippen LogP contribution in [-0.2, 0) is 0 Å². The van der Waals surface area contributed by atoms with Crippen LogP contribution in [-0.4, -0.2) is 15.3 Å². The molecule has 124 valence electrons. The first kappa shape index (κ1) is 15.9. The Balaban J connectivity index is 1.62. The van der Waals surface area contributed by atoms with E-state index in [2.05, 4.69) is 14.7 Å². The maximum Gasteiger partial charge on any atom is 0.267 e. The molecule has 2 heterocycles. The van der Waals surface area contributed by atoms with Gasteiger partial charge >= 0.3 is 0 Å². The molecule has 0 fully saturated rings. The van der Waals surface area contributed by atoms with Crippen LogP contribution in [0.15, 0.2) is 48.5 Å². The molecule has 0 saturated carbocycles. The number of carbonyl (C=O) groups excluding carboxylic acids is 1. The third-order valence-corrected chi connectivity index (χ3v) is 5.67. The average Bonchev–Trinajstić information content (AvgIpc) is 3.21. The molecule has 0 aliphatic rings. The van der Waals surface area contributed by atoms with E-state index in [9.17, 15) is 9.18 Å². The molecule has 0 bridgehead atoms. The van der Waals surface area contributed by atoms with Gasteiger partial charge in [-0.2, -0.15) is 9.36 Å². The summed E-state index contributed by atoms with van der Waals surface area (Å²) in [5.41, 5.74) is 1.53. The largest absolute Gasteiger partial charge is 0.296 e. The van der Waals surface area contributed by atoms with Crippen molar-refractivity contribution in [3.05, 3.63) is 64.8 Å². The zero-order valence-electron chi connectivity index (χ0n) is 13.1. The molecule has 4 nitrogen and oxygen atoms in total. The molecule has 1 N–H and O–H groups in total. The number of thiophene rings is 1. The van der Waals surface area contributed by atoms with Gasteiger partial charge in [0.05, 0.1) is 4.88 Å². The van der Waals surface area contributed by atoms with E-state index in [1.165, 1.54) is 17.4 Å². The van der Waals surface area contributed by atoms with Crippen molar-refractivity contribution in [1.82, 2.24) is 9.36 Å².